The minimum Gasteiger partial charge on any atom is -0.508 e. The van der Waals surface area contributed by atoms with Gasteiger partial charge in [-0.05, 0) is 64.2 Å². The van der Waals surface area contributed by atoms with Gasteiger partial charge in [-0.2, -0.15) is 0 Å². The number of benzene rings is 4. The van der Waals surface area contributed by atoms with Gasteiger partial charge in [0.2, 0.25) is 5.91 Å². The molecule has 0 aliphatic carbocycles. The molecule has 0 bridgehead atoms. The number of carbonyl (C=O) groups excluding carboxylic acids is 1. The molecule has 1 fully saturated rings. The maximum absolute atomic E-state index is 14.0. The molecule has 1 saturated heterocycles. The summed E-state index contributed by atoms with van der Waals surface area (Å²) in [4.78, 5) is 41.4. The molecular weight excluding hydrogens is 550 g/mol. The van der Waals surface area contributed by atoms with Crippen LogP contribution >= 0.6 is 11.6 Å². The van der Waals surface area contributed by atoms with Crippen LogP contribution < -0.4 is 11.1 Å². The minimum absolute atomic E-state index is 0.00136. The van der Waals surface area contributed by atoms with E-state index in [9.17, 15) is 19.5 Å². The molecule has 6 rings (SSSR count). The van der Waals surface area contributed by atoms with Crippen molar-refractivity contribution < 1.29 is 9.90 Å². The number of fused-ring (bicyclic) bond motifs is 2. The lowest BCUT2D eigenvalue weighted by Gasteiger charge is -2.39. The normalized spacial score (nSPS) is 13.6. The summed E-state index contributed by atoms with van der Waals surface area (Å²) in [5.74, 6) is 0.0309. The number of nitrogens with zero attached hydrogens (tertiary/aromatic N) is 3. The van der Waals surface area contributed by atoms with Gasteiger partial charge in [0.1, 0.15) is 5.75 Å². The number of aromatic hydroxyl groups is 1. The molecule has 1 aliphatic rings. The predicted molar refractivity (Wildman–Crippen MR) is 168 cm³/mol. The van der Waals surface area contributed by atoms with E-state index in [1.807, 2.05) is 68.4 Å². The number of aromatic nitrogens is 2. The number of amides is 1. The Morgan fingerprint density at radius 1 is 0.976 bits per heavy atom. The zero-order valence-electron chi connectivity index (χ0n) is 23.4. The molecule has 5 aromatic rings. The second-order valence-corrected chi connectivity index (χ2v) is 11.5. The van der Waals surface area contributed by atoms with Crippen molar-refractivity contribution in [1.29, 1.82) is 0 Å². The number of para-hydroxylation sites is 1. The second-order valence-electron chi connectivity index (χ2n) is 11.1. The zero-order chi connectivity index (χ0) is 29.7. The maximum atomic E-state index is 14.0. The van der Waals surface area contributed by atoms with Gasteiger partial charge in [-0.15, -0.1) is 0 Å². The molecule has 7 nitrogen and oxygen atoms in total. The number of phenols is 1. The van der Waals surface area contributed by atoms with Crippen molar-refractivity contribution in [2.24, 2.45) is 5.92 Å². The van der Waals surface area contributed by atoms with E-state index in [4.69, 9.17) is 11.6 Å². The average Bonchev–Trinajstić information content (AvgIpc) is 2.96. The van der Waals surface area contributed by atoms with E-state index in [0.717, 1.165) is 16.3 Å². The fourth-order valence-corrected chi connectivity index (χ4v) is 6.21. The molecule has 212 valence electrons. The van der Waals surface area contributed by atoms with Crippen LogP contribution in [0.3, 0.4) is 0 Å². The highest BCUT2D eigenvalue weighted by molar-refractivity contribution is 6.34. The van der Waals surface area contributed by atoms with Crippen LogP contribution in [0.15, 0.2) is 95.0 Å². The summed E-state index contributed by atoms with van der Waals surface area (Å²) in [7, 11) is 0. The lowest BCUT2D eigenvalue weighted by molar-refractivity contribution is -0.132. The highest BCUT2D eigenvalue weighted by Crippen LogP contribution is 2.39. The van der Waals surface area contributed by atoms with Gasteiger partial charge < -0.3 is 14.6 Å². The molecule has 0 atom stereocenters. The van der Waals surface area contributed by atoms with Gasteiger partial charge in [0, 0.05) is 31.1 Å². The van der Waals surface area contributed by atoms with Crippen molar-refractivity contribution in [3.63, 3.8) is 0 Å². The van der Waals surface area contributed by atoms with Gasteiger partial charge in [0.05, 0.1) is 21.7 Å². The van der Waals surface area contributed by atoms with Crippen LogP contribution in [0, 0.1) is 5.92 Å². The van der Waals surface area contributed by atoms with Crippen LogP contribution in [0.5, 0.6) is 5.75 Å². The topological polar surface area (TPSA) is 84.5 Å². The Kier molecular flexibility index (Phi) is 6.99. The van der Waals surface area contributed by atoms with E-state index in [-0.39, 0.29) is 30.0 Å². The SMILES string of the molecule is C=CC(=O)N1CC(Cn2c(=O)c(=O)n(-c3ccccc3C(C)C)c3cc(-c4cc(O)cc5ccccc45)c(Cl)cc32)C1. The van der Waals surface area contributed by atoms with Gasteiger partial charge in [-0.1, -0.05) is 74.5 Å². The molecule has 1 amide bonds. The number of hydrogen-bond acceptors (Lipinski definition) is 4. The van der Waals surface area contributed by atoms with E-state index < -0.39 is 11.1 Å². The summed E-state index contributed by atoms with van der Waals surface area (Å²) in [5, 5.41) is 12.7. The second kappa shape index (κ2) is 10.7. The number of halogens is 1. The first-order chi connectivity index (χ1) is 20.2. The number of likely N-dealkylation sites (tertiary alicyclic amines) is 1. The number of phenolic OH excluding ortho intramolecular Hbond substituents is 1. The molecular formula is C34H30ClN3O4. The zero-order valence-corrected chi connectivity index (χ0v) is 24.1. The maximum Gasteiger partial charge on any atom is 0.321 e. The summed E-state index contributed by atoms with van der Waals surface area (Å²) >= 11 is 6.95. The highest BCUT2D eigenvalue weighted by atomic mass is 35.5. The van der Waals surface area contributed by atoms with Crippen LogP contribution in [-0.4, -0.2) is 38.1 Å². The Labute approximate surface area is 247 Å². The van der Waals surface area contributed by atoms with Crippen molar-refractivity contribution in [3.8, 4) is 22.6 Å². The molecule has 8 heteroatoms. The molecule has 0 unspecified atom stereocenters. The monoisotopic (exact) mass is 579 g/mol. The Balaban J connectivity index is 1.64. The largest absolute Gasteiger partial charge is 0.508 e. The van der Waals surface area contributed by atoms with Gasteiger partial charge in [0.15, 0.2) is 0 Å². The molecule has 4 aromatic carbocycles. The number of carbonyl (C=O) groups is 1. The van der Waals surface area contributed by atoms with Crippen molar-refractivity contribution in [2.45, 2.75) is 26.3 Å². The third kappa shape index (κ3) is 4.60. The standard InChI is InChI=1S/C34H30ClN3O4/c1-4-32(40)36-17-21(18-36)19-37-30-16-28(35)27(26-14-23(39)13-22-9-5-6-11-25(22)26)15-31(30)38(34(42)33(37)41)29-12-8-7-10-24(29)20(2)3/h4-16,20-21,39H,1,17-19H2,2-3H3. The number of hydrogen-bond donors (Lipinski definition) is 1. The molecule has 1 aliphatic heterocycles. The van der Waals surface area contributed by atoms with E-state index in [0.29, 0.717) is 46.0 Å². The average molecular weight is 580 g/mol. The predicted octanol–water partition coefficient (Wildman–Crippen LogP) is 6.10. The van der Waals surface area contributed by atoms with Gasteiger partial charge in [0.25, 0.3) is 0 Å². The lowest BCUT2D eigenvalue weighted by atomic mass is 9.96. The first kappa shape index (κ1) is 27.5. The summed E-state index contributed by atoms with van der Waals surface area (Å²) < 4.78 is 2.98. The van der Waals surface area contributed by atoms with Gasteiger partial charge in [-0.3, -0.25) is 19.0 Å². The Morgan fingerprint density at radius 3 is 2.43 bits per heavy atom. The molecule has 1 N–H and O–H groups in total. The van der Waals surface area contributed by atoms with Crippen LogP contribution in [0.2, 0.25) is 5.02 Å². The minimum atomic E-state index is -0.664. The highest BCUT2D eigenvalue weighted by Gasteiger charge is 2.31. The molecule has 42 heavy (non-hydrogen) atoms. The Bertz CT molecular complexity index is 2020. The molecule has 1 aromatic heterocycles. The fourth-order valence-electron chi connectivity index (χ4n) is 5.95. The van der Waals surface area contributed by atoms with Crippen LogP contribution in [0.1, 0.15) is 25.3 Å². The van der Waals surface area contributed by atoms with Crippen LogP contribution in [0.25, 0.3) is 38.6 Å². The van der Waals surface area contributed by atoms with E-state index in [1.54, 1.807) is 23.1 Å². The Morgan fingerprint density at radius 2 is 1.69 bits per heavy atom. The van der Waals surface area contributed by atoms with Crippen molar-refractivity contribution in [2.75, 3.05) is 13.1 Å². The molecule has 0 radical (unpaired) electrons. The molecule has 0 spiro atoms. The quantitative estimate of drug-likeness (QED) is 0.195. The van der Waals surface area contributed by atoms with Gasteiger partial charge in [-0.25, -0.2) is 0 Å². The third-order valence-electron chi connectivity index (χ3n) is 8.05. The fraction of sp³-hybridized carbons (Fsp3) is 0.206. The van der Waals surface area contributed by atoms with E-state index in [1.165, 1.54) is 15.2 Å². The summed E-state index contributed by atoms with van der Waals surface area (Å²) in [6.45, 7) is 8.84. The first-order valence-electron chi connectivity index (χ1n) is 13.9. The van der Waals surface area contributed by atoms with E-state index >= 15 is 0 Å². The van der Waals surface area contributed by atoms with Crippen molar-refractivity contribution >= 4 is 39.3 Å². The first-order valence-corrected chi connectivity index (χ1v) is 14.3. The summed E-state index contributed by atoms with van der Waals surface area (Å²) in [5.41, 5.74) is 2.63. The van der Waals surface area contributed by atoms with Crippen molar-refractivity contribution in [3.05, 3.63) is 117 Å². The Hall–Kier alpha value is -4.62. The summed E-state index contributed by atoms with van der Waals surface area (Å²) in [6.07, 6.45) is 1.28. The number of rotatable bonds is 6. The summed E-state index contributed by atoms with van der Waals surface area (Å²) in [6, 6.07) is 22.2. The van der Waals surface area contributed by atoms with Crippen molar-refractivity contribution in [1.82, 2.24) is 14.0 Å². The van der Waals surface area contributed by atoms with Gasteiger partial charge >= 0.3 is 11.1 Å². The van der Waals surface area contributed by atoms with E-state index in [2.05, 4.69) is 6.58 Å². The lowest BCUT2D eigenvalue weighted by Crippen LogP contribution is -2.52. The third-order valence-corrected chi connectivity index (χ3v) is 8.36. The smallest absolute Gasteiger partial charge is 0.321 e. The van der Waals surface area contributed by atoms with Crippen LogP contribution in [-0.2, 0) is 11.3 Å². The van der Waals surface area contributed by atoms with Crippen LogP contribution in [0.4, 0.5) is 0 Å². The molecule has 2 heterocycles. The molecule has 0 saturated carbocycles.